The fourth-order valence-corrected chi connectivity index (χ4v) is 2.77. The van der Waals surface area contributed by atoms with Gasteiger partial charge in [-0.05, 0) is 23.1 Å². The van der Waals surface area contributed by atoms with Crippen molar-refractivity contribution in [2.45, 2.75) is 33.0 Å². The Morgan fingerprint density at radius 2 is 1.71 bits per heavy atom. The van der Waals surface area contributed by atoms with E-state index >= 15 is 0 Å². The summed E-state index contributed by atoms with van der Waals surface area (Å²) in [4.78, 5) is 28.2. The molecule has 7 nitrogen and oxygen atoms in total. The summed E-state index contributed by atoms with van der Waals surface area (Å²) in [5.74, 6) is -0.0902. The van der Waals surface area contributed by atoms with Crippen LogP contribution in [0.5, 0.6) is 0 Å². The Bertz CT molecular complexity index is 970. The molecule has 1 aromatic heterocycles. The molecule has 28 heavy (non-hydrogen) atoms. The molecule has 0 aliphatic rings. The number of alkyl halides is 3. The zero-order chi connectivity index (χ0) is 21.3. The standard InChI is InChI=1S/C18H21F3N4O3/c1-17(2,3)13(9-4-6-10(7-5-9)18(19,20)21)23-14-12(11(22)8-26)15(27)25-16(28)24-14/h4-7,13,22,26H,8H2,1-3H3,(H3,23,24,25,27,28). The number of anilines is 1. The minimum absolute atomic E-state index is 0.0902. The molecule has 0 amide bonds. The predicted octanol–water partition coefficient (Wildman–Crippen LogP) is 2.64. The summed E-state index contributed by atoms with van der Waals surface area (Å²) in [6, 6.07) is 3.92. The summed E-state index contributed by atoms with van der Waals surface area (Å²) in [7, 11) is 0. The lowest BCUT2D eigenvalue weighted by atomic mass is 9.82. The van der Waals surface area contributed by atoms with Crippen LogP contribution in [0.15, 0.2) is 33.9 Å². The molecular formula is C18H21F3N4O3. The number of aliphatic hydroxyl groups is 1. The summed E-state index contributed by atoms with van der Waals surface area (Å²) < 4.78 is 38.5. The van der Waals surface area contributed by atoms with Crippen LogP contribution in [0.1, 0.15) is 43.5 Å². The summed E-state index contributed by atoms with van der Waals surface area (Å²) in [6.45, 7) is 4.74. The van der Waals surface area contributed by atoms with Gasteiger partial charge < -0.3 is 15.8 Å². The smallest absolute Gasteiger partial charge is 0.390 e. The number of hydrogen-bond acceptors (Lipinski definition) is 5. The molecule has 1 aromatic carbocycles. The molecule has 0 radical (unpaired) electrons. The van der Waals surface area contributed by atoms with Crippen molar-refractivity contribution in [3.05, 3.63) is 61.8 Å². The van der Waals surface area contributed by atoms with Crippen LogP contribution in [-0.4, -0.2) is 27.4 Å². The van der Waals surface area contributed by atoms with Crippen LogP contribution in [0, 0.1) is 10.8 Å². The molecule has 0 saturated carbocycles. The lowest BCUT2D eigenvalue weighted by Crippen LogP contribution is -2.34. The first-order chi connectivity index (χ1) is 12.8. The minimum atomic E-state index is -4.47. The Morgan fingerprint density at radius 3 is 2.18 bits per heavy atom. The molecule has 0 bridgehead atoms. The van der Waals surface area contributed by atoms with Gasteiger partial charge in [-0.25, -0.2) is 4.79 Å². The Kier molecular flexibility index (Phi) is 5.83. The van der Waals surface area contributed by atoms with E-state index in [0.29, 0.717) is 5.56 Å². The number of aliphatic hydroxyl groups excluding tert-OH is 1. The van der Waals surface area contributed by atoms with Crippen LogP contribution < -0.4 is 16.6 Å². The monoisotopic (exact) mass is 398 g/mol. The molecule has 10 heteroatoms. The number of aromatic amines is 2. The van der Waals surface area contributed by atoms with Crippen molar-refractivity contribution in [3.63, 3.8) is 0 Å². The number of aromatic nitrogens is 2. The Hall–Kier alpha value is -2.88. The maximum atomic E-state index is 12.8. The van der Waals surface area contributed by atoms with Crippen LogP contribution in [0.4, 0.5) is 19.0 Å². The summed E-state index contributed by atoms with van der Waals surface area (Å²) in [5.41, 5.74) is -3.19. The van der Waals surface area contributed by atoms with Gasteiger partial charge in [0.15, 0.2) is 0 Å². The molecule has 1 heterocycles. The fourth-order valence-electron chi connectivity index (χ4n) is 2.77. The number of nitrogens with one attached hydrogen (secondary N) is 4. The van der Waals surface area contributed by atoms with Gasteiger partial charge in [-0.2, -0.15) is 13.2 Å². The Balaban J connectivity index is 2.55. The van der Waals surface area contributed by atoms with E-state index in [4.69, 9.17) is 5.41 Å². The van der Waals surface area contributed by atoms with Crippen molar-refractivity contribution in [1.29, 1.82) is 5.41 Å². The summed E-state index contributed by atoms with van der Waals surface area (Å²) in [6.07, 6.45) is -4.47. The zero-order valence-corrected chi connectivity index (χ0v) is 15.5. The van der Waals surface area contributed by atoms with Crippen molar-refractivity contribution >= 4 is 11.5 Å². The van der Waals surface area contributed by atoms with Crippen LogP contribution in [0.3, 0.4) is 0 Å². The lowest BCUT2D eigenvalue weighted by molar-refractivity contribution is -0.137. The van der Waals surface area contributed by atoms with Crippen molar-refractivity contribution in [2.24, 2.45) is 5.41 Å². The van der Waals surface area contributed by atoms with Gasteiger partial charge in [0.05, 0.1) is 23.9 Å². The zero-order valence-electron chi connectivity index (χ0n) is 15.5. The highest BCUT2D eigenvalue weighted by molar-refractivity contribution is 6.02. The van der Waals surface area contributed by atoms with Crippen molar-refractivity contribution < 1.29 is 18.3 Å². The highest BCUT2D eigenvalue weighted by atomic mass is 19.4. The van der Waals surface area contributed by atoms with Crippen molar-refractivity contribution in [3.8, 4) is 0 Å². The molecule has 0 fully saturated rings. The van der Waals surface area contributed by atoms with E-state index in [1.54, 1.807) is 0 Å². The molecule has 5 N–H and O–H groups in total. The molecule has 2 rings (SSSR count). The second kappa shape index (κ2) is 7.63. The number of rotatable bonds is 5. The molecule has 152 valence electrons. The normalized spacial score (nSPS) is 13.2. The van der Waals surface area contributed by atoms with Gasteiger partial charge in [0.2, 0.25) is 0 Å². The van der Waals surface area contributed by atoms with Crippen LogP contribution in [0.2, 0.25) is 0 Å². The maximum Gasteiger partial charge on any atom is 0.416 e. The third-order valence-corrected chi connectivity index (χ3v) is 4.13. The van der Waals surface area contributed by atoms with Crippen LogP contribution in [0.25, 0.3) is 0 Å². The first kappa shape index (κ1) is 21.4. The van der Waals surface area contributed by atoms with E-state index in [9.17, 15) is 27.9 Å². The van der Waals surface area contributed by atoms with E-state index in [1.165, 1.54) is 12.1 Å². The molecule has 2 aromatic rings. The third-order valence-electron chi connectivity index (χ3n) is 4.13. The number of hydrogen-bond donors (Lipinski definition) is 5. The van der Waals surface area contributed by atoms with Gasteiger partial charge in [-0.3, -0.25) is 14.8 Å². The average Bonchev–Trinajstić information content (AvgIpc) is 2.57. The first-order valence-corrected chi connectivity index (χ1v) is 8.33. The largest absolute Gasteiger partial charge is 0.416 e. The molecule has 0 aliphatic carbocycles. The maximum absolute atomic E-state index is 12.8. The summed E-state index contributed by atoms with van der Waals surface area (Å²) in [5, 5.41) is 19.9. The molecular weight excluding hydrogens is 377 g/mol. The molecule has 1 atom stereocenters. The van der Waals surface area contributed by atoms with Gasteiger partial charge in [-0.1, -0.05) is 32.9 Å². The van der Waals surface area contributed by atoms with Crippen molar-refractivity contribution in [1.82, 2.24) is 9.97 Å². The van der Waals surface area contributed by atoms with Gasteiger partial charge in [0.1, 0.15) is 11.4 Å². The summed E-state index contributed by atoms with van der Waals surface area (Å²) >= 11 is 0. The predicted molar refractivity (Wildman–Crippen MR) is 98.9 cm³/mol. The van der Waals surface area contributed by atoms with Crippen LogP contribution in [-0.2, 0) is 6.18 Å². The van der Waals surface area contributed by atoms with E-state index in [2.05, 4.69) is 10.3 Å². The highest BCUT2D eigenvalue weighted by Crippen LogP contribution is 2.37. The van der Waals surface area contributed by atoms with Gasteiger partial charge in [-0.15, -0.1) is 0 Å². The molecule has 0 aliphatic heterocycles. The van der Waals surface area contributed by atoms with E-state index in [-0.39, 0.29) is 11.4 Å². The second-order valence-corrected chi connectivity index (χ2v) is 7.36. The van der Waals surface area contributed by atoms with E-state index in [0.717, 1.165) is 12.1 Å². The number of H-pyrrole nitrogens is 2. The third kappa shape index (κ3) is 4.69. The fraction of sp³-hybridized carbons (Fsp3) is 0.389. The average molecular weight is 398 g/mol. The number of halogens is 3. The van der Waals surface area contributed by atoms with Crippen molar-refractivity contribution in [2.75, 3.05) is 11.9 Å². The van der Waals surface area contributed by atoms with Gasteiger partial charge >= 0.3 is 11.9 Å². The topological polar surface area (TPSA) is 122 Å². The van der Waals surface area contributed by atoms with Crippen LogP contribution >= 0.6 is 0 Å². The Morgan fingerprint density at radius 1 is 1.14 bits per heavy atom. The quantitative estimate of drug-likeness (QED) is 0.497. The minimum Gasteiger partial charge on any atom is -0.390 e. The molecule has 0 spiro atoms. The number of benzene rings is 1. The SMILES string of the molecule is CC(C)(C)C(Nc1[nH]c(=O)[nH]c(=O)c1C(=N)CO)c1ccc(C(F)(F)F)cc1. The van der Waals surface area contributed by atoms with E-state index < -0.39 is 46.8 Å². The van der Waals surface area contributed by atoms with Gasteiger partial charge in [0, 0.05) is 0 Å². The highest BCUT2D eigenvalue weighted by Gasteiger charge is 2.32. The first-order valence-electron chi connectivity index (χ1n) is 8.33. The van der Waals surface area contributed by atoms with Gasteiger partial charge in [0.25, 0.3) is 5.56 Å². The lowest BCUT2D eigenvalue weighted by Gasteiger charge is -2.33. The molecule has 0 saturated heterocycles. The Labute approximate surface area is 158 Å². The van der Waals surface area contributed by atoms with E-state index in [1.807, 2.05) is 25.8 Å². The second-order valence-electron chi connectivity index (χ2n) is 7.36. The molecule has 1 unspecified atom stereocenters.